The van der Waals surface area contributed by atoms with Gasteiger partial charge < -0.3 is 10.1 Å². The van der Waals surface area contributed by atoms with E-state index in [1.807, 2.05) is 48.2 Å². The van der Waals surface area contributed by atoms with Crippen LogP contribution < -0.4 is 5.73 Å². The van der Waals surface area contributed by atoms with Crippen molar-refractivity contribution in [3.05, 3.63) is 42.5 Å². The van der Waals surface area contributed by atoms with Gasteiger partial charge in [0.25, 0.3) is 0 Å². The number of nitrogens with two attached hydrogens (primary N) is 1. The van der Waals surface area contributed by atoms with Crippen molar-refractivity contribution in [3.8, 4) is 0 Å². The first-order valence-electron chi connectivity index (χ1n) is 5.60. The van der Waals surface area contributed by atoms with Crippen LogP contribution in [0.3, 0.4) is 0 Å². The highest BCUT2D eigenvalue weighted by atomic mass is 32.2. The Hall–Kier alpha value is -1.79. The number of hydrogen-bond acceptors (Lipinski definition) is 4. The molecule has 3 aromatic heterocycles. The maximum atomic E-state index is 5.83. The summed E-state index contributed by atoms with van der Waals surface area (Å²) in [7, 11) is 1.90. The van der Waals surface area contributed by atoms with Crippen molar-refractivity contribution in [2.24, 2.45) is 12.8 Å². The summed E-state index contributed by atoms with van der Waals surface area (Å²) in [5, 5.41) is 5.09. The molecule has 0 fully saturated rings. The fourth-order valence-corrected chi connectivity index (χ4v) is 2.82. The minimum absolute atomic E-state index is 0.466. The summed E-state index contributed by atoms with van der Waals surface area (Å²) in [6.45, 7) is 0.466. The van der Waals surface area contributed by atoms with E-state index < -0.39 is 0 Å². The zero-order chi connectivity index (χ0) is 12.5. The highest BCUT2D eigenvalue weighted by Crippen LogP contribution is 2.29. The average Bonchev–Trinajstić information content (AvgIpc) is 2.92. The lowest BCUT2D eigenvalue weighted by molar-refractivity contribution is 0.766. The van der Waals surface area contributed by atoms with Crippen LogP contribution in [-0.2, 0) is 13.6 Å². The molecule has 3 aromatic rings. The van der Waals surface area contributed by atoms with Gasteiger partial charge in [0.05, 0.1) is 16.8 Å². The molecule has 0 atom stereocenters. The summed E-state index contributed by atoms with van der Waals surface area (Å²) in [6.07, 6.45) is 5.78. The van der Waals surface area contributed by atoms with Crippen molar-refractivity contribution in [1.29, 1.82) is 0 Å². The normalized spacial score (nSPS) is 11.2. The molecule has 2 N–H and O–H groups in total. The molecule has 0 saturated heterocycles. The van der Waals surface area contributed by atoms with Crippen molar-refractivity contribution in [2.45, 2.75) is 16.5 Å². The van der Waals surface area contributed by atoms with E-state index in [-0.39, 0.29) is 0 Å². The van der Waals surface area contributed by atoms with Crippen molar-refractivity contribution in [3.63, 3.8) is 0 Å². The van der Waals surface area contributed by atoms with E-state index in [4.69, 9.17) is 5.73 Å². The van der Waals surface area contributed by atoms with Gasteiger partial charge in [-0.05, 0) is 12.1 Å². The van der Waals surface area contributed by atoms with Gasteiger partial charge in [0.1, 0.15) is 10.7 Å². The molecule has 3 rings (SSSR count). The highest BCUT2D eigenvalue weighted by molar-refractivity contribution is 7.99. The second kappa shape index (κ2) is 4.47. The van der Waals surface area contributed by atoms with Crippen LogP contribution in [0.5, 0.6) is 0 Å². The van der Waals surface area contributed by atoms with E-state index >= 15 is 0 Å². The van der Waals surface area contributed by atoms with Crippen LogP contribution in [0, 0.1) is 0 Å². The minimum Gasteiger partial charge on any atom is -0.325 e. The van der Waals surface area contributed by atoms with Gasteiger partial charge in [-0.2, -0.15) is 5.10 Å². The molecule has 5 nitrogen and oxygen atoms in total. The van der Waals surface area contributed by atoms with Crippen LogP contribution in [0.1, 0.15) is 5.69 Å². The summed E-state index contributed by atoms with van der Waals surface area (Å²) in [5.74, 6) is 0. The molecule has 0 spiro atoms. The summed E-state index contributed by atoms with van der Waals surface area (Å²) in [5.41, 5.74) is 7.77. The fraction of sp³-hybridized carbons (Fsp3) is 0.167. The van der Waals surface area contributed by atoms with Crippen LogP contribution in [-0.4, -0.2) is 19.2 Å². The molecule has 0 saturated carbocycles. The van der Waals surface area contributed by atoms with Crippen molar-refractivity contribution in [2.75, 3.05) is 0 Å². The number of rotatable bonds is 3. The number of aromatic nitrogens is 4. The molecule has 92 valence electrons. The summed E-state index contributed by atoms with van der Waals surface area (Å²) >= 11 is 1.59. The largest absolute Gasteiger partial charge is 0.325 e. The number of hydrogen-bond donors (Lipinski definition) is 1. The first-order valence-corrected chi connectivity index (χ1v) is 6.42. The first-order chi connectivity index (χ1) is 8.78. The van der Waals surface area contributed by atoms with Gasteiger partial charge >= 0.3 is 0 Å². The Morgan fingerprint density at radius 2 is 2.28 bits per heavy atom. The van der Waals surface area contributed by atoms with Crippen LogP contribution in [0.2, 0.25) is 0 Å². The fourth-order valence-electron chi connectivity index (χ4n) is 1.86. The predicted octanol–water partition coefficient (Wildman–Crippen LogP) is 1.68. The van der Waals surface area contributed by atoms with Crippen molar-refractivity contribution in [1.82, 2.24) is 19.2 Å². The molecule has 0 aliphatic heterocycles. The molecule has 18 heavy (non-hydrogen) atoms. The van der Waals surface area contributed by atoms with Gasteiger partial charge in [0.15, 0.2) is 0 Å². The quantitative estimate of drug-likeness (QED) is 0.777. The Morgan fingerprint density at radius 3 is 3.00 bits per heavy atom. The summed E-state index contributed by atoms with van der Waals surface area (Å²) in [6, 6.07) is 5.93. The van der Waals surface area contributed by atoms with E-state index in [0.717, 1.165) is 21.3 Å². The Bertz CT molecular complexity index is 685. The second-order valence-electron chi connectivity index (χ2n) is 3.95. The van der Waals surface area contributed by atoms with E-state index in [9.17, 15) is 0 Å². The third-order valence-electron chi connectivity index (χ3n) is 2.68. The second-order valence-corrected chi connectivity index (χ2v) is 5.01. The van der Waals surface area contributed by atoms with Gasteiger partial charge in [-0.25, -0.2) is 4.98 Å². The Morgan fingerprint density at radius 1 is 1.39 bits per heavy atom. The topological polar surface area (TPSA) is 61.1 Å². The molecular weight excluding hydrogens is 246 g/mol. The standard InChI is InChI=1S/C12H13N5S/c1-16-8-9(7-14-16)18-12-10(6-13)17-5-3-2-4-11(17)15-12/h2-5,7-8H,6,13H2,1H3. The summed E-state index contributed by atoms with van der Waals surface area (Å²) < 4.78 is 3.80. The number of imidazole rings is 1. The monoisotopic (exact) mass is 259 g/mol. The van der Waals surface area contributed by atoms with E-state index in [0.29, 0.717) is 6.54 Å². The van der Waals surface area contributed by atoms with Gasteiger partial charge in [0, 0.05) is 26.0 Å². The van der Waals surface area contributed by atoms with Gasteiger partial charge in [-0.3, -0.25) is 4.68 Å². The van der Waals surface area contributed by atoms with Crippen molar-refractivity contribution < 1.29 is 0 Å². The van der Waals surface area contributed by atoms with Crippen LogP contribution in [0.4, 0.5) is 0 Å². The molecule has 0 amide bonds. The maximum Gasteiger partial charge on any atom is 0.138 e. The molecule has 0 radical (unpaired) electrons. The van der Waals surface area contributed by atoms with Gasteiger partial charge in [-0.1, -0.05) is 17.8 Å². The number of pyridine rings is 1. The Labute approximate surface area is 109 Å². The molecule has 0 unspecified atom stereocenters. The third kappa shape index (κ3) is 1.89. The van der Waals surface area contributed by atoms with E-state index in [2.05, 4.69) is 10.1 Å². The lowest BCUT2D eigenvalue weighted by Crippen LogP contribution is -2.01. The van der Waals surface area contributed by atoms with Crippen molar-refractivity contribution >= 4 is 17.4 Å². The number of fused-ring (bicyclic) bond motifs is 1. The van der Waals surface area contributed by atoms with Crippen LogP contribution in [0.25, 0.3) is 5.65 Å². The SMILES string of the molecule is Cn1cc(Sc2nc3ccccn3c2CN)cn1. The molecule has 0 bridgehead atoms. The lowest BCUT2D eigenvalue weighted by atomic mass is 10.4. The molecular formula is C12H13N5S. The average molecular weight is 259 g/mol. The predicted molar refractivity (Wildman–Crippen MR) is 70.4 cm³/mol. The maximum absolute atomic E-state index is 5.83. The number of nitrogens with zero attached hydrogens (tertiary/aromatic N) is 4. The zero-order valence-corrected chi connectivity index (χ0v) is 10.8. The molecule has 0 aromatic carbocycles. The van der Waals surface area contributed by atoms with E-state index in [1.54, 1.807) is 16.4 Å². The molecule has 3 heterocycles. The summed E-state index contributed by atoms with van der Waals surface area (Å²) in [4.78, 5) is 5.66. The smallest absolute Gasteiger partial charge is 0.138 e. The minimum atomic E-state index is 0.466. The Kier molecular flexibility index (Phi) is 2.81. The van der Waals surface area contributed by atoms with E-state index in [1.165, 1.54) is 0 Å². The third-order valence-corrected chi connectivity index (χ3v) is 3.65. The van der Waals surface area contributed by atoms with Gasteiger partial charge in [-0.15, -0.1) is 0 Å². The molecule has 6 heteroatoms. The van der Waals surface area contributed by atoms with Gasteiger partial charge in [0.2, 0.25) is 0 Å². The zero-order valence-electron chi connectivity index (χ0n) is 9.95. The van der Waals surface area contributed by atoms with Crippen LogP contribution in [0.15, 0.2) is 46.7 Å². The lowest BCUT2D eigenvalue weighted by Gasteiger charge is -1.99. The van der Waals surface area contributed by atoms with Crippen LogP contribution >= 0.6 is 11.8 Å². The first kappa shape index (κ1) is 11.3. The number of aryl methyl sites for hydroxylation is 1. The highest BCUT2D eigenvalue weighted by Gasteiger charge is 2.12. The molecule has 0 aliphatic carbocycles. The Balaban J connectivity index is 2.05. The molecule has 0 aliphatic rings.